The van der Waals surface area contributed by atoms with E-state index >= 15 is 0 Å². The number of amides is 1. The molecule has 0 spiro atoms. The molecule has 0 saturated heterocycles. The van der Waals surface area contributed by atoms with Crippen molar-refractivity contribution in [2.45, 2.75) is 44.1 Å². The third-order valence-electron chi connectivity index (χ3n) is 6.88. The third kappa shape index (κ3) is 5.00. The molecule has 35 heavy (non-hydrogen) atoms. The summed E-state index contributed by atoms with van der Waals surface area (Å²) in [5.74, 6) is 0.848. The van der Waals surface area contributed by atoms with Gasteiger partial charge in [-0.05, 0) is 42.5 Å². The molecular weight excluding hydrogens is 460 g/mol. The summed E-state index contributed by atoms with van der Waals surface area (Å²) in [6.07, 6.45) is 8.06. The summed E-state index contributed by atoms with van der Waals surface area (Å²) >= 11 is 6.07. The number of carbonyl (C=O) groups is 1. The van der Waals surface area contributed by atoms with E-state index in [2.05, 4.69) is 37.8 Å². The van der Waals surface area contributed by atoms with E-state index in [1.807, 2.05) is 47.1 Å². The van der Waals surface area contributed by atoms with Crippen molar-refractivity contribution < 1.29 is 4.79 Å². The molecular formula is C27H29ClN6O. The molecule has 2 heterocycles. The maximum atomic E-state index is 13.3. The number of anilines is 1. The number of hydrogen-bond acceptors (Lipinski definition) is 5. The summed E-state index contributed by atoms with van der Waals surface area (Å²) in [6, 6.07) is 18.0. The van der Waals surface area contributed by atoms with Gasteiger partial charge in [0.25, 0.3) is 0 Å². The van der Waals surface area contributed by atoms with Gasteiger partial charge in [-0.25, -0.2) is 14.6 Å². The maximum Gasteiger partial charge on any atom is 0.230 e. The first kappa shape index (κ1) is 23.3. The van der Waals surface area contributed by atoms with Gasteiger partial charge in [0.05, 0.1) is 23.5 Å². The molecule has 0 atom stereocenters. The Morgan fingerprint density at radius 1 is 1.00 bits per heavy atom. The second-order valence-electron chi connectivity index (χ2n) is 9.04. The van der Waals surface area contributed by atoms with Crippen molar-refractivity contribution in [3.8, 4) is 0 Å². The third-order valence-corrected chi connectivity index (χ3v) is 7.13. The summed E-state index contributed by atoms with van der Waals surface area (Å²) in [6.45, 7) is 1.78. The van der Waals surface area contributed by atoms with Gasteiger partial charge in [-0.15, -0.1) is 0 Å². The zero-order chi connectivity index (χ0) is 24.1. The average Bonchev–Trinajstić information content (AvgIpc) is 3.54. The highest BCUT2D eigenvalue weighted by Crippen LogP contribution is 2.41. The van der Waals surface area contributed by atoms with E-state index in [0.29, 0.717) is 18.1 Å². The minimum absolute atomic E-state index is 0.0756. The van der Waals surface area contributed by atoms with Crippen molar-refractivity contribution in [1.82, 2.24) is 25.1 Å². The fourth-order valence-electron chi connectivity index (χ4n) is 5.01. The second-order valence-corrected chi connectivity index (χ2v) is 9.48. The second kappa shape index (κ2) is 10.4. The first-order valence-corrected chi connectivity index (χ1v) is 12.5. The van der Waals surface area contributed by atoms with Crippen LogP contribution in [0.15, 0.2) is 67.1 Å². The monoisotopic (exact) mass is 488 g/mol. The number of fused-ring (bicyclic) bond motifs is 1. The number of halogens is 1. The van der Waals surface area contributed by atoms with Gasteiger partial charge in [-0.1, -0.05) is 66.9 Å². The molecule has 5 rings (SSSR count). The van der Waals surface area contributed by atoms with Crippen LogP contribution < -0.4 is 10.6 Å². The van der Waals surface area contributed by atoms with Crippen LogP contribution in [0.3, 0.4) is 0 Å². The molecule has 8 heteroatoms. The SMILES string of the molecule is O=C(NCCn1ncc2c(NCCc3ccccc3)ncnc21)C1(c2ccc(Cl)cc2)CCCC1. The van der Waals surface area contributed by atoms with Crippen LogP contribution >= 0.6 is 11.6 Å². The lowest BCUT2D eigenvalue weighted by atomic mass is 9.78. The van der Waals surface area contributed by atoms with Crippen molar-refractivity contribution >= 4 is 34.4 Å². The summed E-state index contributed by atoms with van der Waals surface area (Å²) < 4.78 is 1.82. The highest BCUT2D eigenvalue weighted by Gasteiger charge is 2.42. The lowest BCUT2D eigenvalue weighted by molar-refractivity contribution is -0.126. The van der Waals surface area contributed by atoms with Crippen molar-refractivity contribution in [3.05, 3.63) is 83.3 Å². The lowest BCUT2D eigenvalue weighted by Gasteiger charge is -2.28. The van der Waals surface area contributed by atoms with Gasteiger partial charge >= 0.3 is 0 Å². The fraction of sp³-hybridized carbons (Fsp3) is 0.333. The van der Waals surface area contributed by atoms with Gasteiger partial charge in [-0.3, -0.25) is 4.79 Å². The number of aromatic nitrogens is 4. The fourth-order valence-corrected chi connectivity index (χ4v) is 5.13. The van der Waals surface area contributed by atoms with Crippen LogP contribution in [0.1, 0.15) is 36.8 Å². The van der Waals surface area contributed by atoms with Gasteiger partial charge in [-0.2, -0.15) is 5.10 Å². The maximum absolute atomic E-state index is 13.3. The molecule has 0 bridgehead atoms. The molecule has 2 aromatic heterocycles. The molecule has 1 aliphatic rings. The molecule has 7 nitrogen and oxygen atoms in total. The molecule has 4 aromatic rings. The molecule has 180 valence electrons. The Kier molecular flexibility index (Phi) is 6.95. The Morgan fingerprint density at radius 3 is 2.54 bits per heavy atom. The Morgan fingerprint density at radius 2 is 1.77 bits per heavy atom. The molecule has 0 radical (unpaired) electrons. The molecule has 1 aliphatic carbocycles. The first-order chi connectivity index (χ1) is 17.2. The van der Waals surface area contributed by atoms with Gasteiger partial charge in [0.2, 0.25) is 5.91 Å². The van der Waals surface area contributed by atoms with E-state index in [4.69, 9.17) is 11.6 Å². The van der Waals surface area contributed by atoms with E-state index < -0.39 is 5.41 Å². The lowest BCUT2D eigenvalue weighted by Crippen LogP contribution is -2.43. The summed E-state index contributed by atoms with van der Waals surface area (Å²) in [5.41, 5.74) is 2.59. The van der Waals surface area contributed by atoms with Crippen LogP contribution in [-0.2, 0) is 23.2 Å². The van der Waals surface area contributed by atoms with E-state index in [1.165, 1.54) is 5.56 Å². The molecule has 1 saturated carbocycles. The van der Waals surface area contributed by atoms with Crippen LogP contribution in [0.5, 0.6) is 0 Å². The van der Waals surface area contributed by atoms with E-state index in [9.17, 15) is 4.79 Å². The van der Waals surface area contributed by atoms with Gasteiger partial charge in [0.15, 0.2) is 5.65 Å². The average molecular weight is 489 g/mol. The Balaban J connectivity index is 1.22. The molecule has 0 unspecified atom stereocenters. The quantitative estimate of drug-likeness (QED) is 0.355. The van der Waals surface area contributed by atoms with Crippen molar-refractivity contribution in [2.24, 2.45) is 0 Å². The predicted octanol–water partition coefficient (Wildman–Crippen LogP) is 4.76. The molecule has 0 aliphatic heterocycles. The van der Waals surface area contributed by atoms with Crippen LogP contribution in [0.25, 0.3) is 11.0 Å². The largest absolute Gasteiger partial charge is 0.369 e. The van der Waals surface area contributed by atoms with E-state index in [0.717, 1.165) is 61.1 Å². The van der Waals surface area contributed by atoms with Gasteiger partial charge < -0.3 is 10.6 Å². The number of carbonyl (C=O) groups excluding carboxylic acids is 1. The van der Waals surface area contributed by atoms with Crippen LogP contribution in [0, 0.1) is 0 Å². The van der Waals surface area contributed by atoms with Crippen molar-refractivity contribution in [2.75, 3.05) is 18.4 Å². The van der Waals surface area contributed by atoms with Crippen LogP contribution in [0.2, 0.25) is 5.02 Å². The minimum Gasteiger partial charge on any atom is -0.369 e. The minimum atomic E-state index is -0.477. The van der Waals surface area contributed by atoms with E-state index in [-0.39, 0.29) is 5.91 Å². The Labute approximate surface area is 209 Å². The topological polar surface area (TPSA) is 84.7 Å². The Bertz CT molecular complexity index is 1280. The smallest absolute Gasteiger partial charge is 0.230 e. The first-order valence-electron chi connectivity index (χ1n) is 12.1. The number of benzene rings is 2. The van der Waals surface area contributed by atoms with Crippen LogP contribution in [-0.4, -0.2) is 38.7 Å². The van der Waals surface area contributed by atoms with E-state index in [1.54, 1.807) is 12.5 Å². The van der Waals surface area contributed by atoms with Crippen molar-refractivity contribution in [3.63, 3.8) is 0 Å². The standard InChI is InChI=1S/C27H29ClN6O/c28-22-10-8-21(9-11-22)27(13-4-5-14-27)26(35)30-16-17-34-25-23(18-33-34)24(31-19-32-25)29-15-12-20-6-2-1-3-7-20/h1-3,6-11,18-19H,4-5,12-17H2,(H,30,35)(H,29,31,32). The molecule has 2 N–H and O–H groups in total. The normalized spacial score (nSPS) is 14.8. The summed E-state index contributed by atoms with van der Waals surface area (Å²) in [4.78, 5) is 22.2. The predicted molar refractivity (Wildman–Crippen MR) is 139 cm³/mol. The summed E-state index contributed by atoms with van der Waals surface area (Å²) in [7, 11) is 0. The molecule has 1 fully saturated rings. The molecule has 1 amide bonds. The zero-order valence-electron chi connectivity index (χ0n) is 19.6. The Hall–Kier alpha value is -3.45. The number of nitrogens with zero attached hydrogens (tertiary/aromatic N) is 4. The summed E-state index contributed by atoms with van der Waals surface area (Å²) in [5, 5.41) is 12.6. The highest BCUT2D eigenvalue weighted by atomic mass is 35.5. The number of rotatable bonds is 9. The van der Waals surface area contributed by atoms with Gasteiger partial charge in [0, 0.05) is 18.1 Å². The van der Waals surface area contributed by atoms with Gasteiger partial charge in [0.1, 0.15) is 12.1 Å². The number of nitrogens with one attached hydrogen (secondary N) is 2. The van der Waals surface area contributed by atoms with Crippen molar-refractivity contribution in [1.29, 1.82) is 0 Å². The molecule has 2 aromatic carbocycles. The number of hydrogen-bond donors (Lipinski definition) is 2. The highest BCUT2D eigenvalue weighted by molar-refractivity contribution is 6.30. The zero-order valence-corrected chi connectivity index (χ0v) is 20.3. The van der Waals surface area contributed by atoms with Crippen LogP contribution in [0.4, 0.5) is 5.82 Å².